The minimum Gasteiger partial charge on any atom is -0.447 e. The van der Waals surface area contributed by atoms with E-state index in [1.54, 1.807) is 11.9 Å². The summed E-state index contributed by atoms with van der Waals surface area (Å²) < 4.78 is 4.83. The number of amides is 1. The highest BCUT2D eigenvalue weighted by molar-refractivity contribution is 5.69. The average molecular weight is 173 g/mol. The summed E-state index contributed by atoms with van der Waals surface area (Å²) in [6.45, 7) is 8.72. The Balaban J connectivity index is 0.000000561. The topological polar surface area (TPSA) is 29.5 Å². The molecular weight excluding hydrogens is 154 g/mol. The molecule has 12 heavy (non-hydrogen) atoms. The van der Waals surface area contributed by atoms with Crippen LogP contribution in [-0.4, -0.2) is 30.7 Å². The molecule has 0 aromatic heterocycles. The molecule has 3 heteroatoms. The number of likely N-dealkylation sites (N-methyl/N-ethyl adjacent to an activating group) is 1. The van der Waals surface area contributed by atoms with Crippen LogP contribution in [0.5, 0.6) is 0 Å². The van der Waals surface area contributed by atoms with E-state index in [9.17, 15) is 4.79 Å². The molecule has 0 radical (unpaired) electrons. The average Bonchev–Trinajstić information content (AvgIpc) is 2.37. The van der Waals surface area contributed by atoms with E-state index in [-0.39, 0.29) is 12.1 Å². The molecule has 1 aliphatic heterocycles. The van der Waals surface area contributed by atoms with Crippen molar-refractivity contribution >= 4 is 6.09 Å². The van der Waals surface area contributed by atoms with Gasteiger partial charge in [0.2, 0.25) is 0 Å². The molecule has 1 rings (SSSR count). The Labute approximate surface area is 74.7 Å². The predicted molar refractivity (Wildman–Crippen MR) is 49.1 cm³/mol. The lowest BCUT2D eigenvalue weighted by Crippen LogP contribution is -2.33. The number of ether oxygens (including phenoxy) is 1. The molecule has 0 aromatic rings. The van der Waals surface area contributed by atoms with E-state index < -0.39 is 0 Å². The number of carbonyl (C=O) groups excluding carboxylic acids is 1. The van der Waals surface area contributed by atoms with E-state index in [0.29, 0.717) is 12.5 Å². The zero-order chi connectivity index (χ0) is 9.72. The Morgan fingerprint density at radius 1 is 1.50 bits per heavy atom. The van der Waals surface area contributed by atoms with Gasteiger partial charge in [0, 0.05) is 7.05 Å². The molecule has 0 saturated carbocycles. The first kappa shape index (κ1) is 11.3. The van der Waals surface area contributed by atoms with Crippen molar-refractivity contribution in [3.63, 3.8) is 0 Å². The second-order valence-electron chi connectivity index (χ2n) is 3.00. The Kier molecular flexibility index (Phi) is 4.71. The van der Waals surface area contributed by atoms with E-state index in [4.69, 9.17) is 4.74 Å². The van der Waals surface area contributed by atoms with Crippen LogP contribution >= 0.6 is 0 Å². The van der Waals surface area contributed by atoms with Gasteiger partial charge in [-0.2, -0.15) is 0 Å². The van der Waals surface area contributed by atoms with Crippen LogP contribution in [-0.2, 0) is 4.74 Å². The maximum Gasteiger partial charge on any atom is 0.409 e. The molecule has 1 unspecified atom stereocenters. The van der Waals surface area contributed by atoms with Crippen LogP contribution in [0, 0.1) is 5.92 Å². The van der Waals surface area contributed by atoms with Gasteiger partial charge < -0.3 is 9.64 Å². The van der Waals surface area contributed by atoms with Crippen LogP contribution in [0.1, 0.15) is 27.7 Å². The zero-order valence-electron chi connectivity index (χ0n) is 8.63. The highest BCUT2D eigenvalue weighted by atomic mass is 16.6. The quantitative estimate of drug-likeness (QED) is 0.608. The lowest BCUT2D eigenvalue weighted by Gasteiger charge is -2.18. The molecule has 3 nitrogen and oxygen atoms in total. The molecule has 0 N–H and O–H groups in total. The zero-order valence-corrected chi connectivity index (χ0v) is 8.63. The van der Waals surface area contributed by atoms with Crippen molar-refractivity contribution in [2.24, 2.45) is 5.92 Å². The first-order valence-electron chi connectivity index (χ1n) is 4.52. The summed E-state index contributed by atoms with van der Waals surface area (Å²) in [6, 6.07) is 0.271. The predicted octanol–water partition coefficient (Wildman–Crippen LogP) is 2.12. The van der Waals surface area contributed by atoms with Crippen LogP contribution < -0.4 is 0 Å². The van der Waals surface area contributed by atoms with Crippen LogP contribution in [0.4, 0.5) is 4.79 Å². The molecule has 1 atom stereocenters. The molecule has 0 aliphatic carbocycles. The van der Waals surface area contributed by atoms with Gasteiger partial charge in [-0.05, 0) is 5.92 Å². The largest absolute Gasteiger partial charge is 0.447 e. The molecule has 1 saturated heterocycles. The summed E-state index contributed by atoms with van der Waals surface area (Å²) in [5, 5.41) is 0. The second-order valence-corrected chi connectivity index (χ2v) is 3.00. The van der Waals surface area contributed by atoms with Crippen molar-refractivity contribution in [3.8, 4) is 0 Å². The summed E-state index contributed by atoms with van der Waals surface area (Å²) in [5.41, 5.74) is 0. The van der Waals surface area contributed by atoms with Crippen molar-refractivity contribution in [1.82, 2.24) is 4.90 Å². The number of cyclic esters (lactones) is 1. The van der Waals surface area contributed by atoms with Crippen molar-refractivity contribution in [3.05, 3.63) is 0 Å². The molecular formula is C9H19NO2. The van der Waals surface area contributed by atoms with Gasteiger partial charge in [0.05, 0.1) is 6.04 Å². The number of nitrogens with zero attached hydrogens (tertiary/aromatic N) is 1. The monoisotopic (exact) mass is 173 g/mol. The summed E-state index contributed by atoms with van der Waals surface area (Å²) in [6.07, 6.45) is -0.196. The van der Waals surface area contributed by atoms with Crippen LogP contribution in [0.3, 0.4) is 0 Å². The second kappa shape index (κ2) is 5.01. The fourth-order valence-electron chi connectivity index (χ4n) is 1.15. The van der Waals surface area contributed by atoms with Crippen LogP contribution in [0.15, 0.2) is 0 Å². The van der Waals surface area contributed by atoms with Crippen LogP contribution in [0.2, 0.25) is 0 Å². The SMILES string of the molecule is CC.CC(C)C1COC(=O)N1C. The lowest BCUT2D eigenvalue weighted by molar-refractivity contribution is 0.163. The van der Waals surface area contributed by atoms with E-state index >= 15 is 0 Å². The van der Waals surface area contributed by atoms with Gasteiger partial charge in [-0.1, -0.05) is 27.7 Å². The van der Waals surface area contributed by atoms with Crippen molar-refractivity contribution in [1.29, 1.82) is 0 Å². The van der Waals surface area contributed by atoms with Gasteiger partial charge in [0.25, 0.3) is 0 Å². The highest BCUT2D eigenvalue weighted by Gasteiger charge is 2.31. The lowest BCUT2D eigenvalue weighted by atomic mass is 10.1. The number of carbonyl (C=O) groups is 1. The molecule has 1 heterocycles. The van der Waals surface area contributed by atoms with E-state index in [0.717, 1.165) is 0 Å². The van der Waals surface area contributed by atoms with Crippen molar-refractivity contribution in [2.75, 3.05) is 13.7 Å². The van der Waals surface area contributed by atoms with Gasteiger partial charge in [0.15, 0.2) is 0 Å². The number of hydrogen-bond acceptors (Lipinski definition) is 2. The minimum atomic E-state index is -0.196. The molecule has 1 aliphatic rings. The summed E-state index contributed by atoms with van der Waals surface area (Å²) in [5.74, 6) is 0.483. The van der Waals surface area contributed by atoms with Gasteiger partial charge in [-0.3, -0.25) is 0 Å². The van der Waals surface area contributed by atoms with Crippen LogP contribution in [0.25, 0.3) is 0 Å². The highest BCUT2D eigenvalue weighted by Crippen LogP contribution is 2.16. The number of rotatable bonds is 1. The first-order valence-corrected chi connectivity index (χ1v) is 4.52. The smallest absolute Gasteiger partial charge is 0.409 e. The van der Waals surface area contributed by atoms with E-state index in [2.05, 4.69) is 13.8 Å². The summed E-state index contributed by atoms with van der Waals surface area (Å²) >= 11 is 0. The molecule has 0 spiro atoms. The van der Waals surface area contributed by atoms with Gasteiger partial charge >= 0.3 is 6.09 Å². The molecule has 1 fully saturated rings. The van der Waals surface area contributed by atoms with E-state index in [1.165, 1.54) is 0 Å². The Hall–Kier alpha value is -0.730. The third-order valence-electron chi connectivity index (χ3n) is 1.93. The minimum absolute atomic E-state index is 0.196. The third kappa shape index (κ3) is 2.40. The Bertz CT molecular complexity index is 145. The Morgan fingerprint density at radius 3 is 2.17 bits per heavy atom. The standard InChI is InChI=1S/C7H13NO2.C2H6/c1-5(2)6-4-10-7(9)8(6)3;1-2/h5-6H,4H2,1-3H3;1-2H3. The van der Waals surface area contributed by atoms with Gasteiger partial charge in [-0.15, -0.1) is 0 Å². The Morgan fingerprint density at radius 2 is 2.00 bits per heavy atom. The number of hydrogen-bond donors (Lipinski definition) is 0. The summed E-state index contributed by atoms with van der Waals surface area (Å²) in [7, 11) is 1.78. The summed E-state index contributed by atoms with van der Waals surface area (Å²) in [4.78, 5) is 12.5. The fraction of sp³-hybridized carbons (Fsp3) is 0.889. The van der Waals surface area contributed by atoms with E-state index in [1.807, 2.05) is 13.8 Å². The van der Waals surface area contributed by atoms with Gasteiger partial charge in [0.1, 0.15) is 6.61 Å². The molecule has 0 aromatic carbocycles. The molecule has 72 valence electrons. The first-order chi connectivity index (χ1) is 5.63. The normalized spacial score (nSPS) is 22.0. The van der Waals surface area contributed by atoms with Crippen molar-refractivity contribution in [2.45, 2.75) is 33.7 Å². The maximum atomic E-state index is 10.8. The third-order valence-corrected chi connectivity index (χ3v) is 1.93. The van der Waals surface area contributed by atoms with Crippen molar-refractivity contribution < 1.29 is 9.53 Å². The maximum absolute atomic E-state index is 10.8. The molecule has 0 bridgehead atoms. The fourth-order valence-corrected chi connectivity index (χ4v) is 1.15. The van der Waals surface area contributed by atoms with Gasteiger partial charge in [-0.25, -0.2) is 4.79 Å². The molecule has 1 amide bonds.